The van der Waals surface area contributed by atoms with Gasteiger partial charge >= 0.3 is 0 Å². The minimum atomic E-state index is 0.524. The lowest BCUT2D eigenvalue weighted by Crippen LogP contribution is -1.99. The molecule has 1 heterocycles. The van der Waals surface area contributed by atoms with Crippen LogP contribution in [-0.4, -0.2) is 12.1 Å². The van der Waals surface area contributed by atoms with Gasteiger partial charge in [-0.15, -0.1) is 0 Å². The van der Waals surface area contributed by atoms with E-state index in [0.29, 0.717) is 21.7 Å². The molecule has 0 saturated carbocycles. The van der Waals surface area contributed by atoms with Crippen LogP contribution >= 0.6 is 23.2 Å². The molecule has 2 rings (SSSR count). The van der Waals surface area contributed by atoms with Crippen molar-refractivity contribution in [1.82, 2.24) is 4.98 Å². The molecule has 4 heteroatoms. The minimum absolute atomic E-state index is 0.524. The second-order valence-electron chi connectivity index (χ2n) is 4.67. The summed E-state index contributed by atoms with van der Waals surface area (Å²) < 4.78 is 5.32. The third-order valence-corrected chi connectivity index (χ3v) is 3.33. The van der Waals surface area contributed by atoms with E-state index in [4.69, 9.17) is 27.9 Å². The summed E-state index contributed by atoms with van der Waals surface area (Å²) in [6, 6.07) is 5.47. The molecule has 0 aliphatic rings. The maximum Gasteiger partial charge on any atom is 0.145 e. The van der Waals surface area contributed by atoms with Crippen molar-refractivity contribution in [3.63, 3.8) is 0 Å². The highest BCUT2D eigenvalue weighted by Gasteiger charge is 2.12. The van der Waals surface area contributed by atoms with E-state index in [0.717, 1.165) is 23.0 Å². The largest absolute Gasteiger partial charge is 0.494 e. The average molecular weight is 284 g/mol. The molecule has 18 heavy (non-hydrogen) atoms. The molecule has 0 aliphatic heterocycles. The second-order valence-corrected chi connectivity index (χ2v) is 5.48. The Hall–Kier alpha value is -0.990. The molecule has 0 amide bonds. The molecular weight excluding hydrogens is 269 g/mol. The highest BCUT2D eigenvalue weighted by atomic mass is 35.5. The first-order valence-corrected chi connectivity index (χ1v) is 6.60. The highest BCUT2D eigenvalue weighted by molar-refractivity contribution is 6.42. The number of aromatic nitrogens is 1. The fraction of sp³-hybridized carbons (Fsp3) is 0.357. The SMILES string of the molecule is COc1ccc(Cl)c2c(Cl)cc(CC(C)C)nc12. The van der Waals surface area contributed by atoms with Crippen LogP contribution in [0, 0.1) is 5.92 Å². The lowest BCUT2D eigenvalue weighted by atomic mass is 10.1. The first-order valence-electron chi connectivity index (χ1n) is 5.84. The number of rotatable bonds is 3. The average Bonchev–Trinajstić information content (AvgIpc) is 2.28. The monoisotopic (exact) mass is 283 g/mol. The predicted octanol–water partition coefficient (Wildman–Crippen LogP) is 4.75. The first kappa shape index (κ1) is 13.4. The molecule has 0 spiro atoms. The first-order chi connectivity index (χ1) is 8.52. The molecular formula is C14H15Cl2NO. The van der Waals surface area contributed by atoms with Crippen molar-refractivity contribution < 1.29 is 4.74 Å². The molecule has 0 unspecified atom stereocenters. The zero-order valence-electron chi connectivity index (χ0n) is 10.6. The molecule has 0 N–H and O–H groups in total. The lowest BCUT2D eigenvalue weighted by Gasteiger charge is -2.11. The van der Waals surface area contributed by atoms with Gasteiger partial charge in [0.15, 0.2) is 0 Å². The van der Waals surface area contributed by atoms with E-state index in [1.807, 2.05) is 12.1 Å². The van der Waals surface area contributed by atoms with E-state index in [1.165, 1.54) is 0 Å². The highest BCUT2D eigenvalue weighted by Crippen LogP contribution is 2.35. The van der Waals surface area contributed by atoms with Crippen LogP contribution in [-0.2, 0) is 6.42 Å². The molecule has 0 atom stereocenters. The van der Waals surface area contributed by atoms with Crippen molar-refractivity contribution in [2.75, 3.05) is 7.11 Å². The molecule has 0 radical (unpaired) electrons. The number of benzene rings is 1. The Kier molecular flexibility index (Phi) is 3.98. The maximum absolute atomic E-state index is 6.30. The Morgan fingerprint density at radius 1 is 1.22 bits per heavy atom. The van der Waals surface area contributed by atoms with Crippen LogP contribution in [0.3, 0.4) is 0 Å². The van der Waals surface area contributed by atoms with Gasteiger partial charge in [-0.25, -0.2) is 4.98 Å². The maximum atomic E-state index is 6.30. The summed E-state index contributed by atoms with van der Waals surface area (Å²) in [5, 5.41) is 1.98. The molecule has 0 saturated heterocycles. The van der Waals surface area contributed by atoms with Crippen molar-refractivity contribution >= 4 is 34.1 Å². The van der Waals surface area contributed by atoms with E-state index < -0.39 is 0 Å². The van der Waals surface area contributed by atoms with Crippen LogP contribution in [0.2, 0.25) is 10.0 Å². The fourth-order valence-corrected chi connectivity index (χ4v) is 2.59. The van der Waals surface area contributed by atoms with E-state index in [-0.39, 0.29) is 0 Å². The van der Waals surface area contributed by atoms with Gasteiger partial charge < -0.3 is 4.74 Å². The van der Waals surface area contributed by atoms with E-state index in [1.54, 1.807) is 13.2 Å². The summed E-state index contributed by atoms with van der Waals surface area (Å²) in [5.74, 6) is 1.22. The van der Waals surface area contributed by atoms with Crippen LogP contribution in [0.25, 0.3) is 10.9 Å². The molecule has 2 aromatic rings. The van der Waals surface area contributed by atoms with Crippen LogP contribution in [0.5, 0.6) is 5.75 Å². The summed E-state index contributed by atoms with van der Waals surface area (Å²) in [6.07, 6.45) is 0.880. The van der Waals surface area contributed by atoms with Gasteiger partial charge in [0.05, 0.1) is 17.2 Å². The van der Waals surface area contributed by atoms with Gasteiger partial charge in [0.25, 0.3) is 0 Å². The molecule has 0 bridgehead atoms. The van der Waals surface area contributed by atoms with Crippen molar-refractivity contribution in [1.29, 1.82) is 0 Å². The third kappa shape index (κ3) is 2.55. The number of halogens is 2. The summed E-state index contributed by atoms with van der Waals surface area (Å²) in [7, 11) is 1.62. The van der Waals surface area contributed by atoms with Gasteiger partial charge in [0, 0.05) is 11.1 Å². The van der Waals surface area contributed by atoms with Gasteiger partial charge in [-0.1, -0.05) is 37.0 Å². The smallest absolute Gasteiger partial charge is 0.145 e. The van der Waals surface area contributed by atoms with Crippen molar-refractivity contribution in [2.45, 2.75) is 20.3 Å². The Morgan fingerprint density at radius 2 is 1.94 bits per heavy atom. The predicted molar refractivity (Wildman–Crippen MR) is 76.9 cm³/mol. The molecule has 2 nitrogen and oxygen atoms in total. The van der Waals surface area contributed by atoms with Crippen LogP contribution in [0.15, 0.2) is 18.2 Å². The topological polar surface area (TPSA) is 22.1 Å². The fourth-order valence-electron chi connectivity index (χ4n) is 1.97. The molecule has 0 aliphatic carbocycles. The van der Waals surface area contributed by atoms with E-state index >= 15 is 0 Å². The van der Waals surface area contributed by atoms with Gasteiger partial charge in [0.1, 0.15) is 11.3 Å². The number of nitrogens with zero attached hydrogens (tertiary/aromatic N) is 1. The molecule has 96 valence electrons. The Balaban J connectivity index is 2.69. The van der Waals surface area contributed by atoms with Gasteiger partial charge in [-0.05, 0) is 30.5 Å². The lowest BCUT2D eigenvalue weighted by molar-refractivity contribution is 0.418. The van der Waals surface area contributed by atoms with Crippen LogP contribution < -0.4 is 4.74 Å². The van der Waals surface area contributed by atoms with Gasteiger partial charge in [0.2, 0.25) is 0 Å². The van der Waals surface area contributed by atoms with Crippen molar-refractivity contribution in [3.8, 4) is 5.75 Å². The quantitative estimate of drug-likeness (QED) is 0.811. The number of methoxy groups -OCH3 is 1. The van der Waals surface area contributed by atoms with Crippen molar-refractivity contribution in [3.05, 3.63) is 33.9 Å². The van der Waals surface area contributed by atoms with E-state index in [2.05, 4.69) is 18.8 Å². The zero-order valence-corrected chi connectivity index (χ0v) is 12.1. The zero-order chi connectivity index (χ0) is 13.3. The second kappa shape index (κ2) is 5.33. The number of fused-ring (bicyclic) bond motifs is 1. The van der Waals surface area contributed by atoms with Gasteiger partial charge in [-0.2, -0.15) is 0 Å². The number of ether oxygens (including phenoxy) is 1. The molecule has 0 fully saturated rings. The van der Waals surface area contributed by atoms with E-state index in [9.17, 15) is 0 Å². The summed E-state index contributed by atoms with van der Waals surface area (Å²) in [6.45, 7) is 4.30. The summed E-state index contributed by atoms with van der Waals surface area (Å²) >= 11 is 12.5. The molecule has 1 aromatic carbocycles. The Morgan fingerprint density at radius 3 is 2.56 bits per heavy atom. The number of hydrogen-bond acceptors (Lipinski definition) is 2. The van der Waals surface area contributed by atoms with Crippen LogP contribution in [0.1, 0.15) is 19.5 Å². The number of pyridine rings is 1. The number of hydrogen-bond donors (Lipinski definition) is 0. The summed E-state index contributed by atoms with van der Waals surface area (Å²) in [5.41, 5.74) is 1.69. The van der Waals surface area contributed by atoms with Crippen LogP contribution in [0.4, 0.5) is 0 Å². The van der Waals surface area contributed by atoms with Gasteiger partial charge in [-0.3, -0.25) is 0 Å². The third-order valence-electron chi connectivity index (χ3n) is 2.71. The summed E-state index contributed by atoms with van der Waals surface area (Å²) in [4.78, 5) is 4.61. The normalized spacial score (nSPS) is 11.2. The van der Waals surface area contributed by atoms with Crippen molar-refractivity contribution in [2.24, 2.45) is 5.92 Å². The Bertz CT molecular complexity index is 582. The minimum Gasteiger partial charge on any atom is -0.494 e. The standard InChI is InChI=1S/C14H15Cl2NO/c1-8(2)6-9-7-11(16)13-10(15)4-5-12(18-3)14(13)17-9/h4-5,7-8H,6H2,1-3H3. The Labute approximate surface area is 117 Å². The molecule has 1 aromatic heterocycles.